The summed E-state index contributed by atoms with van der Waals surface area (Å²) in [6, 6.07) is 7.01. The van der Waals surface area contributed by atoms with Gasteiger partial charge in [-0.2, -0.15) is 0 Å². The number of halogens is 3. The summed E-state index contributed by atoms with van der Waals surface area (Å²) < 4.78 is 58.6. The van der Waals surface area contributed by atoms with Crippen molar-refractivity contribution in [1.29, 1.82) is 0 Å². The third-order valence-corrected chi connectivity index (χ3v) is 4.47. The molecule has 2 aromatic carbocycles. The molecule has 0 fully saturated rings. The highest BCUT2D eigenvalue weighted by molar-refractivity contribution is 9.10. The van der Waals surface area contributed by atoms with Gasteiger partial charge in [-0.25, -0.2) is 17.2 Å². The number of rotatable bonds is 4. The highest BCUT2D eigenvalue weighted by Gasteiger charge is 2.18. The van der Waals surface area contributed by atoms with E-state index in [1.807, 2.05) is 0 Å². The summed E-state index contributed by atoms with van der Waals surface area (Å²) in [7, 11) is -2.83. The molecule has 0 aliphatic heterocycles. The van der Waals surface area contributed by atoms with Crippen molar-refractivity contribution in [3.63, 3.8) is 0 Å². The van der Waals surface area contributed by atoms with E-state index in [0.717, 1.165) is 12.1 Å². The number of hydrogen-bond donors (Lipinski definition) is 1. The van der Waals surface area contributed by atoms with E-state index in [4.69, 9.17) is 4.74 Å². The molecule has 0 bridgehead atoms. The van der Waals surface area contributed by atoms with Crippen LogP contribution < -0.4 is 9.46 Å². The summed E-state index contributed by atoms with van der Waals surface area (Å²) in [5.74, 6) is -1.65. The van der Waals surface area contributed by atoms with Gasteiger partial charge in [-0.15, -0.1) is 0 Å². The molecule has 1 N–H and O–H groups in total. The van der Waals surface area contributed by atoms with Gasteiger partial charge < -0.3 is 4.74 Å². The topological polar surface area (TPSA) is 55.4 Å². The molecule has 0 radical (unpaired) electrons. The van der Waals surface area contributed by atoms with Gasteiger partial charge in [0.05, 0.1) is 17.7 Å². The third-order valence-electron chi connectivity index (χ3n) is 2.61. The molecule has 8 heteroatoms. The molecule has 21 heavy (non-hydrogen) atoms. The maximum atomic E-state index is 13.6. The van der Waals surface area contributed by atoms with E-state index in [1.54, 1.807) is 0 Å². The Hall–Kier alpha value is -1.67. The zero-order valence-electron chi connectivity index (χ0n) is 10.7. The largest absolute Gasteiger partial charge is 0.494 e. The van der Waals surface area contributed by atoms with Crippen LogP contribution >= 0.6 is 15.9 Å². The first-order valence-electron chi connectivity index (χ1n) is 5.65. The second-order valence-corrected chi connectivity index (χ2v) is 6.62. The van der Waals surface area contributed by atoms with Gasteiger partial charge in [-0.1, -0.05) is 15.9 Å². The van der Waals surface area contributed by atoms with Gasteiger partial charge in [0.25, 0.3) is 10.0 Å². The molecule has 2 rings (SSSR count). The molecule has 0 saturated carbocycles. The molecule has 0 aliphatic rings. The Labute approximate surface area is 128 Å². The van der Waals surface area contributed by atoms with Crippen molar-refractivity contribution in [2.45, 2.75) is 4.90 Å². The maximum Gasteiger partial charge on any atom is 0.262 e. The van der Waals surface area contributed by atoms with Crippen molar-refractivity contribution in [1.82, 2.24) is 0 Å². The number of methoxy groups -OCH3 is 1. The standard InChI is InChI=1S/C13H10BrF2NO3S/c1-20-13-5-3-9(7-11(13)16)21(18,19)17-12-4-2-8(14)6-10(12)15/h2-7,17H,1H3. The van der Waals surface area contributed by atoms with Crippen LogP contribution in [0.3, 0.4) is 0 Å². The fourth-order valence-corrected chi connectivity index (χ4v) is 3.00. The van der Waals surface area contributed by atoms with Crippen LogP contribution in [0, 0.1) is 11.6 Å². The van der Waals surface area contributed by atoms with E-state index in [2.05, 4.69) is 20.7 Å². The fourth-order valence-electron chi connectivity index (χ4n) is 1.59. The zero-order chi connectivity index (χ0) is 15.6. The number of hydrogen-bond acceptors (Lipinski definition) is 3. The predicted molar refractivity (Wildman–Crippen MR) is 77.9 cm³/mol. The average molecular weight is 378 g/mol. The van der Waals surface area contributed by atoms with Gasteiger partial charge in [-0.3, -0.25) is 4.72 Å². The monoisotopic (exact) mass is 377 g/mol. The molecule has 0 atom stereocenters. The van der Waals surface area contributed by atoms with Crippen molar-refractivity contribution in [3.8, 4) is 5.75 Å². The second-order valence-electron chi connectivity index (χ2n) is 4.03. The minimum absolute atomic E-state index is 0.0798. The summed E-state index contributed by atoms with van der Waals surface area (Å²) in [5.41, 5.74) is -0.227. The number of anilines is 1. The second kappa shape index (κ2) is 5.98. The third kappa shape index (κ3) is 3.51. The van der Waals surface area contributed by atoms with Crippen LogP contribution in [-0.2, 0) is 10.0 Å². The van der Waals surface area contributed by atoms with Crippen LogP contribution in [0.5, 0.6) is 5.75 Å². The SMILES string of the molecule is COc1ccc(S(=O)(=O)Nc2ccc(Br)cc2F)cc1F. The van der Waals surface area contributed by atoms with E-state index < -0.39 is 21.7 Å². The lowest BCUT2D eigenvalue weighted by Crippen LogP contribution is -2.14. The molecule has 112 valence electrons. The molecule has 4 nitrogen and oxygen atoms in total. The minimum Gasteiger partial charge on any atom is -0.494 e. The van der Waals surface area contributed by atoms with Gasteiger partial charge in [0.1, 0.15) is 5.82 Å². The highest BCUT2D eigenvalue weighted by Crippen LogP contribution is 2.25. The van der Waals surface area contributed by atoms with Gasteiger partial charge in [0, 0.05) is 4.47 Å². The first-order chi connectivity index (χ1) is 9.83. The Kier molecular flexibility index (Phi) is 4.48. The first kappa shape index (κ1) is 15.7. The Morgan fingerprint density at radius 1 is 1.10 bits per heavy atom. The van der Waals surface area contributed by atoms with Crippen molar-refractivity contribution >= 4 is 31.6 Å². The van der Waals surface area contributed by atoms with Crippen molar-refractivity contribution in [2.75, 3.05) is 11.8 Å². The normalized spacial score (nSPS) is 11.2. The van der Waals surface area contributed by atoms with E-state index >= 15 is 0 Å². The van der Waals surface area contributed by atoms with Crippen LogP contribution in [0.25, 0.3) is 0 Å². The first-order valence-corrected chi connectivity index (χ1v) is 7.92. The van der Waals surface area contributed by atoms with Gasteiger partial charge >= 0.3 is 0 Å². The van der Waals surface area contributed by atoms with Crippen LogP contribution in [0.4, 0.5) is 14.5 Å². The Morgan fingerprint density at radius 2 is 1.81 bits per heavy atom. The Bertz CT molecular complexity index is 781. The molecule has 0 spiro atoms. The van der Waals surface area contributed by atoms with E-state index in [9.17, 15) is 17.2 Å². The number of benzene rings is 2. The van der Waals surface area contributed by atoms with E-state index in [0.29, 0.717) is 4.47 Å². The fraction of sp³-hybridized carbons (Fsp3) is 0.0769. The smallest absolute Gasteiger partial charge is 0.262 e. The molecule has 0 aliphatic carbocycles. The van der Waals surface area contributed by atoms with Crippen LogP contribution in [0.15, 0.2) is 45.8 Å². The zero-order valence-corrected chi connectivity index (χ0v) is 13.1. The number of ether oxygens (including phenoxy) is 1. The molecule has 0 heterocycles. The summed E-state index contributed by atoms with van der Waals surface area (Å²) >= 11 is 3.07. The van der Waals surface area contributed by atoms with Crippen LogP contribution in [0.1, 0.15) is 0 Å². The van der Waals surface area contributed by atoms with Gasteiger partial charge in [0.2, 0.25) is 0 Å². The molecule has 0 amide bonds. The summed E-state index contributed by atoms with van der Waals surface area (Å²) in [4.78, 5) is -0.330. The summed E-state index contributed by atoms with van der Waals surface area (Å²) in [6.45, 7) is 0. The summed E-state index contributed by atoms with van der Waals surface area (Å²) in [5, 5.41) is 0. The molecule has 2 aromatic rings. The number of sulfonamides is 1. The molecular weight excluding hydrogens is 368 g/mol. The number of nitrogens with one attached hydrogen (secondary N) is 1. The maximum absolute atomic E-state index is 13.6. The Balaban J connectivity index is 2.36. The van der Waals surface area contributed by atoms with Crippen molar-refractivity contribution in [3.05, 3.63) is 52.5 Å². The van der Waals surface area contributed by atoms with Gasteiger partial charge in [0.15, 0.2) is 11.6 Å². The molecule has 0 aromatic heterocycles. The quantitative estimate of drug-likeness (QED) is 0.886. The molecule has 0 unspecified atom stereocenters. The predicted octanol–water partition coefficient (Wildman–Crippen LogP) is 3.54. The lowest BCUT2D eigenvalue weighted by atomic mass is 10.3. The average Bonchev–Trinajstić information content (AvgIpc) is 2.42. The lowest BCUT2D eigenvalue weighted by Gasteiger charge is -2.10. The van der Waals surface area contributed by atoms with Crippen molar-refractivity contribution < 1.29 is 21.9 Å². The molecule has 0 saturated heterocycles. The lowest BCUT2D eigenvalue weighted by molar-refractivity contribution is 0.385. The Morgan fingerprint density at radius 3 is 2.38 bits per heavy atom. The van der Waals surface area contributed by atoms with Gasteiger partial charge in [-0.05, 0) is 36.4 Å². The van der Waals surface area contributed by atoms with E-state index in [-0.39, 0.29) is 16.3 Å². The minimum atomic E-state index is -4.10. The van der Waals surface area contributed by atoms with Crippen LogP contribution in [-0.4, -0.2) is 15.5 Å². The molecular formula is C13H10BrF2NO3S. The highest BCUT2D eigenvalue weighted by atomic mass is 79.9. The summed E-state index contributed by atoms with van der Waals surface area (Å²) in [6.07, 6.45) is 0. The van der Waals surface area contributed by atoms with E-state index in [1.165, 1.54) is 31.4 Å². The van der Waals surface area contributed by atoms with Crippen LogP contribution in [0.2, 0.25) is 0 Å². The van der Waals surface area contributed by atoms with Crippen molar-refractivity contribution in [2.24, 2.45) is 0 Å².